The van der Waals surface area contributed by atoms with E-state index < -0.39 is 11.7 Å². The van der Waals surface area contributed by atoms with Crippen molar-refractivity contribution in [1.82, 2.24) is 9.97 Å². The van der Waals surface area contributed by atoms with Gasteiger partial charge in [-0.1, -0.05) is 19.4 Å². The Kier molecular flexibility index (Phi) is 5.12. The summed E-state index contributed by atoms with van der Waals surface area (Å²) in [5.74, 6) is 1.57. The summed E-state index contributed by atoms with van der Waals surface area (Å²) in [6, 6.07) is 7.00. The molecular weight excluding hydrogens is 385 g/mol. The molecule has 1 aromatic carbocycles. The highest BCUT2D eigenvalue weighted by Gasteiger charge is 2.35. The Hall–Kier alpha value is -3.10. The lowest BCUT2D eigenvalue weighted by Crippen LogP contribution is -2.16. The number of benzene rings is 1. The normalized spacial score (nSPS) is 13.5. The SMILES string of the molecule is CCCCNc1cc(Nc2cccc3c2OCCO3)nc2[nH]cc(C(F)(F)F)c12. The van der Waals surface area contributed by atoms with E-state index in [1.165, 1.54) is 0 Å². The summed E-state index contributed by atoms with van der Waals surface area (Å²) in [7, 11) is 0. The molecule has 0 aliphatic carbocycles. The Bertz CT molecular complexity index is 1020. The van der Waals surface area contributed by atoms with Gasteiger partial charge in [-0.2, -0.15) is 13.2 Å². The highest BCUT2D eigenvalue weighted by Crippen LogP contribution is 2.41. The maximum Gasteiger partial charge on any atom is 0.418 e. The summed E-state index contributed by atoms with van der Waals surface area (Å²) in [6.45, 7) is 3.48. The number of hydrogen-bond acceptors (Lipinski definition) is 5. The Morgan fingerprint density at radius 2 is 2.00 bits per heavy atom. The van der Waals surface area contributed by atoms with E-state index in [9.17, 15) is 13.2 Å². The molecule has 0 atom stereocenters. The summed E-state index contributed by atoms with van der Waals surface area (Å²) in [4.78, 5) is 6.99. The van der Waals surface area contributed by atoms with Gasteiger partial charge in [0.25, 0.3) is 0 Å². The average Bonchev–Trinajstić information content (AvgIpc) is 3.13. The van der Waals surface area contributed by atoms with Gasteiger partial charge < -0.3 is 25.1 Å². The van der Waals surface area contributed by atoms with Gasteiger partial charge in [-0.05, 0) is 18.6 Å². The van der Waals surface area contributed by atoms with Gasteiger partial charge in [-0.3, -0.25) is 0 Å². The number of ether oxygens (including phenoxy) is 2. The van der Waals surface area contributed by atoms with Crippen molar-refractivity contribution in [3.63, 3.8) is 0 Å². The van der Waals surface area contributed by atoms with Gasteiger partial charge in [0.2, 0.25) is 0 Å². The molecule has 0 unspecified atom stereocenters. The van der Waals surface area contributed by atoms with Crippen molar-refractivity contribution in [3.8, 4) is 11.5 Å². The van der Waals surface area contributed by atoms with Gasteiger partial charge in [0.05, 0.1) is 16.6 Å². The molecule has 154 valence electrons. The zero-order valence-electron chi connectivity index (χ0n) is 15.8. The zero-order valence-corrected chi connectivity index (χ0v) is 15.8. The molecule has 6 nitrogen and oxygen atoms in total. The minimum absolute atomic E-state index is 0.0360. The molecule has 0 spiro atoms. The van der Waals surface area contributed by atoms with E-state index in [4.69, 9.17) is 9.47 Å². The summed E-state index contributed by atoms with van der Waals surface area (Å²) < 4.78 is 51.6. The van der Waals surface area contributed by atoms with Crippen molar-refractivity contribution in [2.24, 2.45) is 0 Å². The molecule has 3 N–H and O–H groups in total. The molecule has 0 saturated carbocycles. The Balaban J connectivity index is 1.74. The topological polar surface area (TPSA) is 71.2 Å². The summed E-state index contributed by atoms with van der Waals surface area (Å²) in [5.41, 5.74) is 0.431. The quantitative estimate of drug-likeness (QED) is 0.484. The third-order valence-electron chi connectivity index (χ3n) is 4.62. The lowest BCUT2D eigenvalue weighted by molar-refractivity contribution is -0.136. The monoisotopic (exact) mass is 406 g/mol. The molecule has 0 radical (unpaired) electrons. The van der Waals surface area contributed by atoms with Gasteiger partial charge in [-0.25, -0.2) is 4.98 Å². The smallest absolute Gasteiger partial charge is 0.418 e. The van der Waals surface area contributed by atoms with Gasteiger partial charge in [0, 0.05) is 24.5 Å². The molecule has 4 rings (SSSR count). The number of aromatic amines is 1. The number of unbranched alkanes of at least 4 members (excludes halogenated alkanes) is 1. The summed E-state index contributed by atoms with van der Waals surface area (Å²) in [6.07, 6.45) is -1.75. The molecule has 1 aliphatic rings. The fourth-order valence-electron chi connectivity index (χ4n) is 3.27. The molecular formula is C20H21F3N4O2. The van der Waals surface area contributed by atoms with Crippen molar-refractivity contribution >= 4 is 28.2 Å². The Labute approximate surface area is 165 Å². The van der Waals surface area contributed by atoms with Crippen LogP contribution in [-0.2, 0) is 6.18 Å². The fourth-order valence-corrected chi connectivity index (χ4v) is 3.27. The van der Waals surface area contributed by atoms with E-state index in [1.807, 2.05) is 13.0 Å². The van der Waals surface area contributed by atoms with Crippen LogP contribution in [0.5, 0.6) is 11.5 Å². The second kappa shape index (κ2) is 7.73. The van der Waals surface area contributed by atoms with Crippen LogP contribution >= 0.6 is 0 Å². The number of nitrogens with zero attached hydrogens (tertiary/aromatic N) is 1. The highest BCUT2D eigenvalue weighted by atomic mass is 19.4. The zero-order chi connectivity index (χ0) is 20.4. The van der Waals surface area contributed by atoms with Gasteiger partial charge in [0.15, 0.2) is 11.5 Å². The predicted octanol–water partition coefficient (Wildman–Crippen LogP) is 5.31. The standard InChI is InChI=1S/C20H21F3N4O2/c1-2-3-7-24-14-10-16(27-19-17(14)12(11-25-19)20(21,22)23)26-13-5-4-6-15-18(13)29-9-8-28-15/h4-6,10-11H,2-3,7-9H2,1H3,(H3,24,25,26,27). The number of rotatable bonds is 6. The van der Waals surface area contributed by atoms with Crippen LogP contribution in [0.3, 0.4) is 0 Å². The van der Waals surface area contributed by atoms with Crippen molar-refractivity contribution in [3.05, 3.63) is 36.0 Å². The van der Waals surface area contributed by atoms with Crippen LogP contribution < -0.4 is 20.1 Å². The molecule has 3 heterocycles. The van der Waals surface area contributed by atoms with Crippen molar-refractivity contribution < 1.29 is 22.6 Å². The maximum absolute atomic E-state index is 13.4. The highest BCUT2D eigenvalue weighted by molar-refractivity contribution is 5.95. The molecule has 2 aromatic heterocycles. The van der Waals surface area contributed by atoms with Crippen LogP contribution in [0, 0.1) is 0 Å². The molecule has 9 heteroatoms. The Morgan fingerprint density at radius 3 is 2.79 bits per heavy atom. The number of nitrogens with one attached hydrogen (secondary N) is 3. The molecule has 29 heavy (non-hydrogen) atoms. The largest absolute Gasteiger partial charge is 0.486 e. The lowest BCUT2D eigenvalue weighted by Gasteiger charge is -2.21. The molecule has 0 bridgehead atoms. The van der Waals surface area contributed by atoms with E-state index in [0.717, 1.165) is 19.0 Å². The first-order chi connectivity index (χ1) is 14.0. The second-order valence-corrected chi connectivity index (χ2v) is 6.71. The minimum atomic E-state index is -4.47. The molecule has 0 amide bonds. The number of para-hydroxylation sites is 1. The first-order valence-electron chi connectivity index (χ1n) is 9.46. The van der Waals surface area contributed by atoms with Crippen LogP contribution in [0.4, 0.5) is 30.4 Å². The predicted molar refractivity (Wildman–Crippen MR) is 105 cm³/mol. The summed E-state index contributed by atoms with van der Waals surface area (Å²) >= 11 is 0. The number of fused-ring (bicyclic) bond motifs is 2. The van der Waals surface area contributed by atoms with Crippen molar-refractivity contribution in [1.29, 1.82) is 0 Å². The average molecular weight is 406 g/mol. The fraction of sp³-hybridized carbons (Fsp3) is 0.350. The third kappa shape index (κ3) is 3.90. The summed E-state index contributed by atoms with van der Waals surface area (Å²) in [5, 5.41) is 6.30. The molecule has 0 saturated heterocycles. The van der Waals surface area contributed by atoms with Gasteiger partial charge in [-0.15, -0.1) is 0 Å². The number of anilines is 3. The van der Waals surface area contributed by atoms with E-state index in [2.05, 4.69) is 20.6 Å². The van der Waals surface area contributed by atoms with E-state index in [1.54, 1.807) is 18.2 Å². The number of hydrogen-bond donors (Lipinski definition) is 3. The molecule has 1 aliphatic heterocycles. The van der Waals surface area contributed by atoms with Gasteiger partial charge in [0.1, 0.15) is 24.7 Å². The van der Waals surface area contributed by atoms with Crippen LogP contribution in [0.25, 0.3) is 11.0 Å². The first kappa shape index (κ1) is 19.2. The number of H-pyrrole nitrogens is 1. The van der Waals surface area contributed by atoms with Gasteiger partial charge >= 0.3 is 6.18 Å². The molecule has 0 fully saturated rings. The van der Waals surface area contributed by atoms with E-state index in [0.29, 0.717) is 48.5 Å². The first-order valence-corrected chi connectivity index (χ1v) is 9.46. The second-order valence-electron chi connectivity index (χ2n) is 6.71. The lowest BCUT2D eigenvalue weighted by atomic mass is 10.1. The van der Waals surface area contributed by atoms with Crippen LogP contribution in [0.1, 0.15) is 25.3 Å². The van der Waals surface area contributed by atoms with E-state index >= 15 is 0 Å². The van der Waals surface area contributed by atoms with Crippen LogP contribution in [0.15, 0.2) is 30.5 Å². The van der Waals surface area contributed by atoms with Crippen LogP contribution in [-0.4, -0.2) is 29.7 Å². The van der Waals surface area contributed by atoms with E-state index in [-0.39, 0.29) is 11.0 Å². The third-order valence-corrected chi connectivity index (χ3v) is 4.62. The molecule has 3 aromatic rings. The Morgan fingerprint density at radius 1 is 1.17 bits per heavy atom. The number of alkyl halides is 3. The number of aromatic nitrogens is 2. The number of halogens is 3. The van der Waals surface area contributed by atoms with Crippen LogP contribution in [0.2, 0.25) is 0 Å². The minimum Gasteiger partial charge on any atom is -0.486 e. The number of pyridine rings is 1. The van der Waals surface area contributed by atoms with Crippen molar-refractivity contribution in [2.45, 2.75) is 25.9 Å². The van der Waals surface area contributed by atoms with Crippen molar-refractivity contribution in [2.75, 3.05) is 30.4 Å². The maximum atomic E-state index is 13.4.